The minimum absolute atomic E-state index is 0.120. The minimum atomic E-state index is -1.86. The first-order chi connectivity index (χ1) is 13.2. The predicted octanol–water partition coefficient (Wildman–Crippen LogP) is 3.27. The van der Waals surface area contributed by atoms with Gasteiger partial charge in [-0.05, 0) is 18.9 Å². The van der Waals surface area contributed by atoms with Crippen molar-refractivity contribution in [2.45, 2.75) is 25.3 Å². The number of hydrogen-bond donors (Lipinski definition) is 2. The number of ketones is 1. The maximum absolute atomic E-state index is 14.3. The molecular formula is C18H18FN3O6. The molecular weight excluding hydrogens is 373 g/mol. The molecule has 0 aromatic heterocycles. The predicted molar refractivity (Wildman–Crippen MR) is 96.6 cm³/mol. The number of urea groups is 1. The van der Waals surface area contributed by atoms with Gasteiger partial charge in [0.15, 0.2) is 0 Å². The summed E-state index contributed by atoms with van der Waals surface area (Å²) < 4.78 is 14.3. The number of nitro groups is 1. The fraction of sp³-hybridized carbons (Fsp3) is 0.278. The van der Waals surface area contributed by atoms with E-state index in [1.54, 1.807) is 13.0 Å². The average molecular weight is 391 g/mol. The highest BCUT2D eigenvalue weighted by molar-refractivity contribution is 6.10. The van der Waals surface area contributed by atoms with E-state index in [4.69, 9.17) is 0 Å². The van der Waals surface area contributed by atoms with Crippen molar-refractivity contribution in [3.63, 3.8) is 0 Å². The fourth-order valence-electron chi connectivity index (χ4n) is 2.82. The molecule has 0 bridgehead atoms. The molecule has 1 atom stereocenters. The average Bonchev–Trinajstić information content (AvgIpc) is 2.65. The summed E-state index contributed by atoms with van der Waals surface area (Å²) in [6, 6.07) is 1.90. The lowest BCUT2D eigenvalue weighted by Gasteiger charge is -2.32. The molecule has 0 aliphatic heterocycles. The molecule has 1 aromatic rings. The molecule has 0 saturated heterocycles. The number of carbonyl (C=O) groups is 3. The molecule has 1 aliphatic carbocycles. The van der Waals surface area contributed by atoms with Gasteiger partial charge in [0, 0.05) is 12.6 Å². The molecule has 1 aliphatic rings. The van der Waals surface area contributed by atoms with Crippen LogP contribution in [0, 0.1) is 15.9 Å². The summed E-state index contributed by atoms with van der Waals surface area (Å²) in [5.74, 6) is -2.16. The number of carbonyl (C=O) groups excluding carboxylic acids is 2. The number of benzene rings is 1. The number of allylic oxidation sites excluding steroid dienone is 2. The van der Waals surface area contributed by atoms with Crippen LogP contribution >= 0.6 is 0 Å². The van der Waals surface area contributed by atoms with Gasteiger partial charge in [-0.1, -0.05) is 37.3 Å². The quantitative estimate of drug-likeness (QED) is 0.435. The van der Waals surface area contributed by atoms with Crippen LogP contribution in [0.1, 0.15) is 30.1 Å². The van der Waals surface area contributed by atoms with E-state index in [1.807, 2.05) is 0 Å². The van der Waals surface area contributed by atoms with Crippen LogP contribution in [-0.4, -0.2) is 44.9 Å². The van der Waals surface area contributed by atoms with Gasteiger partial charge in [-0.25, -0.2) is 18.9 Å². The van der Waals surface area contributed by atoms with Crippen LogP contribution in [0.3, 0.4) is 0 Å². The molecule has 148 valence electrons. The lowest BCUT2D eigenvalue weighted by Crippen LogP contribution is -2.58. The molecule has 9 nitrogen and oxygen atoms in total. The van der Waals surface area contributed by atoms with E-state index in [2.05, 4.69) is 5.32 Å². The van der Waals surface area contributed by atoms with E-state index < -0.39 is 45.4 Å². The lowest BCUT2D eigenvalue weighted by molar-refractivity contribution is -0.385. The maximum atomic E-state index is 14.3. The van der Waals surface area contributed by atoms with Crippen LogP contribution in [0.15, 0.2) is 42.5 Å². The van der Waals surface area contributed by atoms with Crippen molar-refractivity contribution in [2.75, 3.05) is 6.54 Å². The Morgan fingerprint density at radius 2 is 2.07 bits per heavy atom. The topological polar surface area (TPSA) is 130 Å². The number of nitrogens with one attached hydrogen (secondary N) is 1. The number of Topliss-reactive ketones (excluding diaryl/α,β-unsaturated/α-hetero) is 1. The van der Waals surface area contributed by atoms with Gasteiger partial charge in [0.25, 0.3) is 5.69 Å². The lowest BCUT2D eigenvalue weighted by atomic mass is 9.82. The van der Waals surface area contributed by atoms with Gasteiger partial charge in [0.1, 0.15) is 16.9 Å². The normalized spacial score (nSPS) is 17.8. The molecule has 3 amide bonds. The van der Waals surface area contributed by atoms with Crippen LogP contribution in [0.5, 0.6) is 0 Å². The second-order valence-electron chi connectivity index (χ2n) is 6.05. The summed E-state index contributed by atoms with van der Waals surface area (Å²) in [5, 5.41) is 22.8. The van der Waals surface area contributed by atoms with Crippen molar-refractivity contribution in [3.8, 4) is 0 Å². The van der Waals surface area contributed by atoms with Gasteiger partial charge in [-0.15, -0.1) is 0 Å². The fourth-order valence-corrected chi connectivity index (χ4v) is 2.82. The van der Waals surface area contributed by atoms with Gasteiger partial charge in [0.2, 0.25) is 5.78 Å². The zero-order chi connectivity index (χ0) is 20.9. The first-order valence-electron chi connectivity index (χ1n) is 8.38. The van der Waals surface area contributed by atoms with E-state index in [9.17, 15) is 34.0 Å². The zero-order valence-corrected chi connectivity index (χ0v) is 14.9. The van der Waals surface area contributed by atoms with E-state index in [-0.39, 0.29) is 13.0 Å². The third kappa shape index (κ3) is 4.05. The number of halogens is 1. The number of nitrogens with zero attached hydrogens (tertiary/aromatic N) is 2. The van der Waals surface area contributed by atoms with Crippen LogP contribution < -0.4 is 5.32 Å². The Bertz CT molecular complexity index is 882. The highest BCUT2D eigenvalue weighted by Gasteiger charge is 2.43. The number of amides is 3. The van der Waals surface area contributed by atoms with Crippen molar-refractivity contribution < 1.29 is 28.8 Å². The first kappa shape index (κ1) is 20.7. The van der Waals surface area contributed by atoms with Gasteiger partial charge in [0.05, 0.1) is 4.92 Å². The van der Waals surface area contributed by atoms with Crippen molar-refractivity contribution in [1.29, 1.82) is 0 Å². The van der Waals surface area contributed by atoms with E-state index >= 15 is 0 Å². The van der Waals surface area contributed by atoms with Crippen molar-refractivity contribution in [2.24, 2.45) is 0 Å². The standard InChI is InChI=1S/C18H18FN3O6/c1-2-11-21(17(25)26)16(24)20-18(9-4-3-5-10-18)15(23)14-12(19)7-6-8-13(14)22(27)28/h3-9H,2,10-11H2,1H3,(H,20,24)(H,25,26)/t18-/m1/s1. The monoisotopic (exact) mass is 391 g/mol. The van der Waals surface area contributed by atoms with Crippen LogP contribution in [0.2, 0.25) is 0 Å². The Labute approximate surface area is 159 Å². The highest BCUT2D eigenvalue weighted by atomic mass is 19.1. The van der Waals surface area contributed by atoms with Gasteiger partial charge < -0.3 is 10.4 Å². The summed E-state index contributed by atoms with van der Waals surface area (Å²) >= 11 is 0. The zero-order valence-electron chi connectivity index (χ0n) is 14.9. The molecule has 0 fully saturated rings. The van der Waals surface area contributed by atoms with Crippen molar-refractivity contribution in [1.82, 2.24) is 10.2 Å². The second kappa shape index (κ2) is 8.42. The Morgan fingerprint density at radius 3 is 2.61 bits per heavy atom. The maximum Gasteiger partial charge on any atom is 0.415 e. The van der Waals surface area contributed by atoms with Crippen LogP contribution in [0.4, 0.5) is 19.7 Å². The third-order valence-electron chi connectivity index (χ3n) is 4.14. The molecule has 0 heterocycles. The molecule has 2 N–H and O–H groups in total. The third-order valence-corrected chi connectivity index (χ3v) is 4.14. The minimum Gasteiger partial charge on any atom is -0.465 e. The Morgan fingerprint density at radius 1 is 1.36 bits per heavy atom. The number of imide groups is 1. The summed E-state index contributed by atoms with van der Waals surface area (Å²) in [7, 11) is 0. The SMILES string of the molecule is CCCN(C(=O)O)C(=O)N[C@]1(C(=O)c2c(F)cccc2[N+](=O)[O-])C=CC=CC1. The molecule has 2 rings (SSSR count). The summed E-state index contributed by atoms with van der Waals surface area (Å²) in [4.78, 5) is 47.8. The molecule has 1 aromatic carbocycles. The summed E-state index contributed by atoms with van der Waals surface area (Å²) in [6.07, 6.45) is 4.46. The number of carboxylic acid groups (broad SMARTS) is 1. The van der Waals surface area contributed by atoms with E-state index in [1.165, 1.54) is 18.2 Å². The molecule has 10 heteroatoms. The number of rotatable bonds is 6. The van der Waals surface area contributed by atoms with E-state index in [0.717, 1.165) is 18.2 Å². The Kier molecular flexibility index (Phi) is 6.24. The number of nitro benzene ring substituents is 1. The molecule has 0 spiro atoms. The van der Waals surface area contributed by atoms with Crippen molar-refractivity contribution in [3.05, 3.63) is 64.0 Å². The van der Waals surface area contributed by atoms with Crippen LogP contribution in [0.25, 0.3) is 0 Å². The summed E-state index contributed by atoms with van der Waals surface area (Å²) in [6.45, 7) is 1.54. The molecule has 0 unspecified atom stereocenters. The molecule has 0 radical (unpaired) electrons. The first-order valence-corrected chi connectivity index (χ1v) is 8.38. The largest absolute Gasteiger partial charge is 0.465 e. The van der Waals surface area contributed by atoms with Gasteiger partial charge in [-0.2, -0.15) is 0 Å². The Hall–Kier alpha value is -3.56. The van der Waals surface area contributed by atoms with Crippen molar-refractivity contribution >= 4 is 23.6 Å². The number of hydrogen-bond acceptors (Lipinski definition) is 5. The summed E-state index contributed by atoms with van der Waals surface area (Å²) in [5.41, 5.74) is -3.39. The smallest absolute Gasteiger partial charge is 0.415 e. The van der Waals surface area contributed by atoms with Crippen LogP contribution in [-0.2, 0) is 0 Å². The Balaban J connectivity index is 2.50. The van der Waals surface area contributed by atoms with Gasteiger partial charge in [-0.3, -0.25) is 14.9 Å². The van der Waals surface area contributed by atoms with E-state index in [0.29, 0.717) is 11.3 Å². The highest BCUT2D eigenvalue weighted by Crippen LogP contribution is 2.30. The molecule has 28 heavy (non-hydrogen) atoms. The van der Waals surface area contributed by atoms with Gasteiger partial charge >= 0.3 is 12.1 Å². The second-order valence-corrected chi connectivity index (χ2v) is 6.05. The molecule has 0 saturated carbocycles.